The molecule has 96 valence electrons. The van der Waals surface area contributed by atoms with Crippen molar-refractivity contribution < 1.29 is 9.90 Å². The van der Waals surface area contributed by atoms with Crippen molar-refractivity contribution in [1.82, 2.24) is 20.0 Å². The van der Waals surface area contributed by atoms with Crippen LogP contribution in [0.5, 0.6) is 0 Å². The summed E-state index contributed by atoms with van der Waals surface area (Å²) >= 11 is 1.16. The number of hydrogen-bond donors (Lipinski definition) is 2. The molecule has 8 heteroatoms. The van der Waals surface area contributed by atoms with Crippen molar-refractivity contribution in [3.8, 4) is 0 Å². The fourth-order valence-electron chi connectivity index (χ4n) is 1.46. The molecule has 2 aromatic heterocycles. The molecular weight excluding hydrogens is 254 g/mol. The summed E-state index contributed by atoms with van der Waals surface area (Å²) in [4.78, 5) is 15.3. The van der Waals surface area contributed by atoms with E-state index in [1.807, 2.05) is 0 Å². The molecule has 18 heavy (non-hydrogen) atoms. The van der Waals surface area contributed by atoms with Crippen LogP contribution in [0.25, 0.3) is 0 Å². The molecule has 7 nitrogen and oxygen atoms in total. The van der Waals surface area contributed by atoms with E-state index in [9.17, 15) is 4.79 Å². The predicted molar refractivity (Wildman–Crippen MR) is 66.9 cm³/mol. The molecule has 0 radical (unpaired) electrons. The Morgan fingerprint density at radius 3 is 3.06 bits per heavy atom. The molecule has 0 aliphatic rings. The highest BCUT2D eigenvalue weighted by molar-refractivity contribution is 7.17. The average Bonchev–Trinajstić information content (AvgIpc) is 2.94. The maximum absolute atomic E-state index is 10.8. The van der Waals surface area contributed by atoms with Gasteiger partial charge in [0, 0.05) is 19.3 Å². The lowest BCUT2D eigenvalue weighted by molar-refractivity contribution is 0.0701. The van der Waals surface area contributed by atoms with Gasteiger partial charge in [0.15, 0.2) is 5.13 Å². The van der Waals surface area contributed by atoms with Crippen LogP contribution >= 0.6 is 11.3 Å². The van der Waals surface area contributed by atoms with Gasteiger partial charge in [0.2, 0.25) is 0 Å². The van der Waals surface area contributed by atoms with E-state index < -0.39 is 5.97 Å². The third-order valence-electron chi connectivity index (χ3n) is 2.30. The number of anilines is 1. The van der Waals surface area contributed by atoms with Crippen molar-refractivity contribution in [3.63, 3.8) is 0 Å². The van der Waals surface area contributed by atoms with Gasteiger partial charge in [0.25, 0.3) is 0 Å². The van der Waals surface area contributed by atoms with E-state index in [0.717, 1.165) is 24.3 Å². The Morgan fingerprint density at radius 2 is 2.44 bits per heavy atom. The SMILES string of the molecule is Cc1nc(NCCCn2ccnn2)sc1C(=O)O. The molecule has 2 rings (SSSR count). The van der Waals surface area contributed by atoms with Crippen LogP contribution in [0.15, 0.2) is 12.4 Å². The average molecular weight is 267 g/mol. The lowest BCUT2D eigenvalue weighted by atomic mass is 10.4. The summed E-state index contributed by atoms with van der Waals surface area (Å²) < 4.78 is 1.75. The molecule has 0 aliphatic carbocycles. The van der Waals surface area contributed by atoms with E-state index in [4.69, 9.17) is 5.11 Å². The van der Waals surface area contributed by atoms with E-state index in [0.29, 0.717) is 17.4 Å². The molecule has 0 fully saturated rings. The predicted octanol–water partition coefficient (Wildman–Crippen LogP) is 1.24. The molecule has 0 unspecified atom stereocenters. The minimum absolute atomic E-state index is 0.286. The number of nitrogens with zero attached hydrogens (tertiary/aromatic N) is 4. The molecule has 2 aromatic rings. The Hall–Kier alpha value is -1.96. The highest BCUT2D eigenvalue weighted by Crippen LogP contribution is 2.22. The Morgan fingerprint density at radius 1 is 1.61 bits per heavy atom. The molecule has 0 atom stereocenters. The van der Waals surface area contributed by atoms with E-state index in [2.05, 4.69) is 20.6 Å². The molecule has 2 heterocycles. The summed E-state index contributed by atoms with van der Waals surface area (Å²) in [6.07, 6.45) is 4.30. The van der Waals surface area contributed by atoms with E-state index in [1.165, 1.54) is 0 Å². The third-order valence-corrected chi connectivity index (χ3v) is 3.41. The van der Waals surface area contributed by atoms with E-state index >= 15 is 0 Å². The molecule has 0 saturated carbocycles. The van der Waals surface area contributed by atoms with E-state index in [-0.39, 0.29) is 4.88 Å². The highest BCUT2D eigenvalue weighted by Gasteiger charge is 2.13. The Balaban J connectivity index is 1.80. The van der Waals surface area contributed by atoms with Crippen molar-refractivity contribution in [3.05, 3.63) is 23.0 Å². The number of nitrogens with one attached hydrogen (secondary N) is 1. The first-order chi connectivity index (χ1) is 8.66. The van der Waals surface area contributed by atoms with Gasteiger partial charge in [-0.15, -0.1) is 5.10 Å². The lowest BCUT2D eigenvalue weighted by Crippen LogP contribution is -2.07. The minimum atomic E-state index is -0.930. The van der Waals surface area contributed by atoms with Crippen LogP contribution < -0.4 is 5.32 Å². The van der Waals surface area contributed by atoms with Gasteiger partial charge < -0.3 is 10.4 Å². The van der Waals surface area contributed by atoms with Crippen molar-refractivity contribution in [1.29, 1.82) is 0 Å². The summed E-state index contributed by atoms with van der Waals surface area (Å²) in [5.41, 5.74) is 0.547. The maximum Gasteiger partial charge on any atom is 0.347 e. The number of hydrogen-bond acceptors (Lipinski definition) is 6. The molecule has 0 spiro atoms. The first-order valence-electron chi connectivity index (χ1n) is 5.45. The zero-order chi connectivity index (χ0) is 13.0. The van der Waals surface area contributed by atoms with Crippen LogP contribution in [0.2, 0.25) is 0 Å². The van der Waals surface area contributed by atoms with Crippen molar-refractivity contribution in [2.24, 2.45) is 0 Å². The summed E-state index contributed by atoms with van der Waals surface area (Å²) in [7, 11) is 0. The summed E-state index contributed by atoms with van der Waals surface area (Å²) in [5.74, 6) is -0.930. The molecule has 2 N–H and O–H groups in total. The fourth-order valence-corrected chi connectivity index (χ4v) is 2.29. The van der Waals surface area contributed by atoms with Crippen molar-refractivity contribution in [2.45, 2.75) is 19.9 Å². The van der Waals surface area contributed by atoms with Gasteiger partial charge in [0.1, 0.15) is 4.88 Å². The third kappa shape index (κ3) is 3.04. The van der Waals surface area contributed by atoms with Gasteiger partial charge in [0.05, 0.1) is 11.9 Å². The van der Waals surface area contributed by atoms with Crippen LogP contribution in [0.4, 0.5) is 5.13 Å². The zero-order valence-corrected chi connectivity index (χ0v) is 10.6. The number of aromatic carboxylic acids is 1. The fraction of sp³-hybridized carbons (Fsp3) is 0.400. The smallest absolute Gasteiger partial charge is 0.347 e. The minimum Gasteiger partial charge on any atom is -0.477 e. The van der Waals surface area contributed by atoms with Crippen molar-refractivity contribution >= 4 is 22.4 Å². The summed E-state index contributed by atoms with van der Waals surface area (Å²) in [6.45, 7) is 3.18. The summed E-state index contributed by atoms with van der Waals surface area (Å²) in [5, 5.41) is 20.2. The van der Waals surface area contributed by atoms with Gasteiger partial charge in [-0.25, -0.2) is 9.78 Å². The van der Waals surface area contributed by atoms with Gasteiger partial charge >= 0.3 is 5.97 Å². The van der Waals surface area contributed by atoms with Gasteiger partial charge in [-0.2, -0.15) is 0 Å². The number of aromatic nitrogens is 4. The van der Waals surface area contributed by atoms with Crippen LogP contribution in [-0.4, -0.2) is 37.6 Å². The van der Waals surface area contributed by atoms with Gasteiger partial charge in [-0.05, 0) is 13.3 Å². The molecular formula is C10H13N5O2S. The lowest BCUT2D eigenvalue weighted by Gasteiger charge is -2.02. The Bertz CT molecular complexity index is 522. The standard InChI is InChI=1S/C10H13N5O2S/c1-7-8(9(16)17)18-10(13-7)11-3-2-5-15-6-4-12-14-15/h4,6H,2-3,5H2,1H3,(H,11,13)(H,16,17). The van der Waals surface area contributed by atoms with Crippen LogP contribution in [0.3, 0.4) is 0 Å². The molecule has 0 amide bonds. The molecule has 0 saturated heterocycles. The van der Waals surface area contributed by atoms with Crippen LogP contribution in [0, 0.1) is 6.92 Å². The quantitative estimate of drug-likeness (QED) is 0.765. The number of thiazole rings is 1. The highest BCUT2D eigenvalue weighted by atomic mass is 32.1. The van der Waals surface area contributed by atoms with E-state index in [1.54, 1.807) is 24.0 Å². The number of carboxylic acids is 1. The Kier molecular flexibility index (Phi) is 3.88. The molecule has 0 aromatic carbocycles. The first kappa shape index (κ1) is 12.5. The largest absolute Gasteiger partial charge is 0.477 e. The second-order valence-corrected chi connectivity index (χ2v) is 4.68. The number of rotatable bonds is 6. The second-order valence-electron chi connectivity index (χ2n) is 3.69. The van der Waals surface area contributed by atoms with Gasteiger partial charge in [-0.1, -0.05) is 16.6 Å². The maximum atomic E-state index is 10.8. The van der Waals surface area contributed by atoms with Crippen molar-refractivity contribution in [2.75, 3.05) is 11.9 Å². The summed E-state index contributed by atoms with van der Waals surface area (Å²) in [6, 6.07) is 0. The second kappa shape index (κ2) is 5.58. The van der Waals surface area contributed by atoms with Gasteiger partial charge in [-0.3, -0.25) is 4.68 Å². The van der Waals surface area contributed by atoms with Crippen LogP contribution in [0.1, 0.15) is 21.8 Å². The number of carboxylic acid groups (broad SMARTS) is 1. The molecule has 0 aliphatic heterocycles. The first-order valence-corrected chi connectivity index (χ1v) is 6.27. The number of aryl methyl sites for hydroxylation is 2. The monoisotopic (exact) mass is 267 g/mol. The van der Waals surface area contributed by atoms with Crippen LogP contribution in [-0.2, 0) is 6.54 Å². The normalized spacial score (nSPS) is 10.5. The molecule has 0 bridgehead atoms. The Labute approximate surface area is 107 Å². The number of carbonyl (C=O) groups is 1. The zero-order valence-electron chi connectivity index (χ0n) is 9.83. The topological polar surface area (TPSA) is 92.9 Å².